The number of benzene rings is 1. The number of para-hydroxylation sites is 1. The number of carbonyl (C=O) groups excluding carboxylic acids is 1. The monoisotopic (exact) mass is 524 g/mol. The number of fused-ring (bicyclic) bond motifs is 1. The molecule has 5 aromatic rings. The van der Waals surface area contributed by atoms with Crippen LogP contribution >= 0.6 is 0 Å². The van der Waals surface area contributed by atoms with Gasteiger partial charge >= 0.3 is 6.18 Å². The van der Waals surface area contributed by atoms with E-state index in [4.69, 9.17) is 4.52 Å². The number of rotatable bonds is 6. The Morgan fingerprint density at radius 1 is 1.13 bits per heavy atom. The SMILES string of the molecule is CCc1noc(Cn2nc(C(F)(F)F)c(NC(=O)c3cc(-c4cnn(C)c4C)nc4ccccc34)c2C)n1. The Morgan fingerprint density at radius 2 is 1.89 bits per heavy atom. The van der Waals surface area contributed by atoms with Crippen molar-refractivity contribution >= 4 is 22.5 Å². The van der Waals surface area contributed by atoms with Gasteiger partial charge in [-0.15, -0.1) is 0 Å². The first-order valence-corrected chi connectivity index (χ1v) is 11.7. The smallest absolute Gasteiger partial charge is 0.337 e. The summed E-state index contributed by atoms with van der Waals surface area (Å²) in [6.45, 7) is 4.94. The quantitative estimate of drug-likeness (QED) is 0.342. The van der Waals surface area contributed by atoms with Gasteiger partial charge in [-0.25, -0.2) is 4.98 Å². The second-order valence-corrected chi connectivity index (χ2v) is 8.72. The van der Waals surface area contributed by atoms with Gasteiger partial charge in [0.2, 0.25) is 5.89 Å². The van der Waals surface area contributed by atoms with Gasteiger partial charge in [0, 0.05) is 30.1 Å². The average Bonchev–Trinajstić information content (AvgIpc) is 3.57. The van der Waals surface area contributed by atoms with Crippen molar-refractivity contribution in [3.05, 3.63) is 70.9 Å². The van der Waals surface area contributed by atoms with Crippen LogP contribution in [0.1, 0.15) is 46.1 Å². The molecule has 196 valence electrons. The molecule has 4 heterocycles. The molecule has 4 aromatic heterocycles. The third-order valence-corrected chi connectivity index (χ3v) is 6.30. The van der Waals surface area contributed by atoms with Crippen LogP contribution in [0.2, 0.25) is 0 Å². The lowest BCUT2D eigenvalue weighted by Crippen LogP contribution is -2.17. The highest BCUT2D eigenvalue weighted by Gasteiger charge is 2.39. The summed E-state index contributed by atoms with van der Waals surface area (Å²) in [5.41, 5.74) is 1.11. The fraction of sp³-hybridized carbons (Fsp3) is 0.280. The van der Waals surface area contributed by atoms with E-state index in [1.54, 1.807) is 48.3 Å². The summed E-state index contributed by atoms with van der Waals surface area (Å²) in [5.74, 6) is -0.195. The van der Waals surface area contributed by atoms with Crippen LogP contribution in [0.5, 0.6) is 0 Å². The van der Waals surface area contributed by atoms with E-state index < -0.39 is 23.5 Å². The molecule has 0 unspecified atom stereocenters. The predicted octanol–water partition coefficient (Wildman–Crippen LogP) is 4.71. The molecule has 0 radical (unpaired) electrons. The van der Waals surface area contributed by atoms with Crippen molar-refractivity contribution in [2.24, 2.45) is 7.05 Å². The summed E-state index contributed by atoms with van der Waals surface area (Å²) < 4.78 is 49.8. The van der Waals surface area contributed by atoms with Gasteiger partial charge in [0.15, 0.2) is 11.5 Å². The van der Waals surface area contributed by atoms with E-state index in [9.17, 15) is 18.0 Å². The number of halogens is 3. The van der Waals surface area contributed by atoms with E-state index in [-0.39, 0.29) is 23.7 Å². The molecule has 0 aliphatic heterocycles. The summed E-state index contributed by atoms with van der Waals surface area (Å²) in [6.07, 6.45) is -2.68. The van der Waals surface area contributed by atoms with Crippen molar-refractivity contribution in [3.8, 4) is 11.3 Å². The Bertz CT molecular complexity index is 1670. The molecular formula is C25H23F3N8O2. The highest BCUT2D eigenvalue weighted by Crippen LogP contribution is 2.37. The average molecular weight is 525 g/mol. The number of aromatic nitrogens is 7. The van der Waals surface area contributed by atoms with Crippen molar-refractivity contribution < 1.29 is 22.5 Å². The summed E-state index contributed by atoms with van der Waals surface area (Å²) >= 11 is 0. The maximum atomic E-state index is 14.0. The summed E-state index contributed by atoms with van der Waals surface area (Å²) in [5, 5.41) is 14.7. The Balaban J connectivity index is 1.57. The van der Waals surface area contributed by atoms with Gasteiger partial charge in [-0.2, -0.15) is 28.4 Å². The molecule has 0 atom stereocenters. The number of hydrogen-bond donors (Lipinski definition) is 1. The lowest BCUT2D eigenvalue weighted by Gasteiger charge is -2.12. The van der Waals surface area contributed by atoms with E-state index in [1.165, 1.54) is 6.92 Å². The zero-order chi connectivity index (χ0) is 27.2. The molecule has 0 spiro atoms. The van der Waals surface area contributed by atoms with Crippen molar-refractivity contribution in [1.82, 2.24) is 34.7 Å². The van der Waals surface area contributed by atoms with E-state index in [2.05, 4.69) is 30.6 Å². The van der Waals surface area contributed by atoms with Crippen LogP contribution in [-0.4, -0.2) is 40.6 Å². The van der Waals surface area contributed by atoms with Crippen molar-refractivity contribution in [3.63, 3.8) is 0 Å². The summed E-state index contributed by atoms with van der Waals surface area (Å²) in [4.78, 5) is 22.3. The zero-order valence-corrected chi connectivity index (χ0v) is 21.0. The molecule has 0 aliphatic carbocycles. The molecule has 1 N–H and O–H groups in total. The van der Waals surface area contributed by atoms with Gasteiger partial charge < -0.3 is 9.84 Å². The Labute approximate surface area is 214 Å². The molecule has 10 nitrogen and oxygen atoms in total. The molecule has 0 bridgehead atoms. The molecule has 0 saturated carbocycles. The van der Waals surface area contributed by atoms with Crippen LogP contribution in [0.15, 0.2) is 41.1 Å². The van der Waals surface area contributed by atoms with Crippen molar-refractivity contribution in [2.75, 3.05) is 5.32 Å². The lowest BCUT2D eigenvalue weighted by atomic mass is 10.0. The number of pyridine rings is 1. The minimum Gasteiger partial charge on any atom is -0.337 e. The fourth-order valence-corrected chi connectivity index (χ4v) is 4.11. The molecule has 1 aromatic carbocycles. The number of anilines is 1. The van der Waals surface area contributed by atoms with E-state index in [0.29, 0.717) is 34.4 Å². The van der Waals surface area contributed by atoms with Crippen LogP contribution in [-0.2, 0) is 26.2 Å². The van der Waals surface area contributed by atoms with Gasteiger partial charge in [0.25, 0.3) is 5.91 Å². The molecule has 0 aliphatic rings. The number of nitrogens with one attached hydrogen (secondary N) is 1. The largest absolute Gasteiger partial charge is 0.437 e. The zero-order valence-electron chi connectivity index (χ0n) is 21.0. The minimum atomic E-state index is -4.82. The van der Waals surface area contributed by atoms with Crippen LogP contribution in [0.3, 0.4) is 0 Å². The molecular weight excluding hydrogens is 501 g/mol. The number of alkyl halides is 3. The number of nitrogens with zero attached hydrogens (tertiary/aromatic N) is 7. The van der Waals surface area contributed by atoms with Crippen LogP contribution < -0.4 is 5.32 Å². The van der Waals surface area contributed by atoms with Crippen LogP contribution in [0.25, 0.3) is 22.2 Å². The molecule has 5 rings (SSSR count). The highest BCUT2D eigenvalue weighted by molar-refractivity contribution is 6.13. The van der Waals surface area contributed by atoms with Gasteiger partial charge in [-0.05, 0) is 26.0 Å². The minimum absolute atomic E-state index is 0.0867. The number of hydrogen-bond acceptors (Lipinski definition) is 7. The predicted molar refractivity (Wildman–Crippen MR) is 131 cm³/mol. The molecule has 1 amide bonds. The second kappa shape index (κ2) is 9.39. The number of aryl methyl sites for hydroxylation is 2. The van der Waals surface area contributed by atoms with Crippen molar-refractivity contribution in [1.29, 1.82) is 0 Å². The van der Waals surface area contributed by atoms with E-state index in [0.717, 1.165) is 10.4 Å². The highest BCUT2D eigenvalue weighted by atomic mass is 19.4. The standard InChI is InChI=1S/C25H23F3N8O2/c1-5-20-31-21(38-34-20)12-36-14(3)22(23(33-36)25(26,27)28)32-24(37)16-10-19(17-11-29-35(4)13(17)2)30-18-9-7-6-8-15(16)18/h6-11H,5,12H2,1-4H3,(H,32,37). The second-order valence-electron chi connectivity index (χ2n) is 8.72. The molecule has 0 fully saturated rings. The van der Waals surface area contributed by atoms with Gasteiger partial charge in [0.1, 0.15) is 6.54 Å². The van der Waals surface area contributed by atoms with Crippen molar-refractivity contribution in [2.45, 2.75) is 39.9 Å². The lowest BCUT2D eigenvalue weighted by molar-refractivity contribution is -0.140. The number of amides is 1. The van der Waals surface area contributed by atoms with E-state index >= 15 is 0 Å². The third kappa shape index (κ3) is 4.51. The Kier molecular flexibility index (Phi) is 6.21. The summed E-state index contributed by atoms with van der Waals surface area (Å²) in [7, 11) is 1.78. The number of carbonyl (C=O) groups is 1. The summed E-state index contributed by atoms with van der Waals surface area (Å²) in [6, 6.07) is 8.49. The first-order chi connectivity index (χ1) is 18.1. The third-order valence-electron chi connectivity index (χ3n) is 6.30. The van der Waals surface area contributed by atoms with Gasteiger partial charge in [0.05, 0.1) is 34.4 Å². The van der Waals surface area contributed by atoms with Gasteiger partial charge in [-0.1, -0.05) is 30.3 Å². The van der Waals surface area contributed by atoms with Gasteiger partial charge in [-0.3, -0.25) is 14.2 Å². The first kappa shape index (κ1) is 25.1. The maximum absolute atomic E-state index is 14.0. The van der Waals surface area contributed by atoms with E-state index in [1.807, 2.05) is 13.8 Å². The molecule has 38 heavy (non-hydrogen) atoms. The molecule has 0 saturated heterocycles. The topological polar surface area (TPSA) is 117 Å². The molecule has 13 heteroatoms. The van der Waals surface area contributed by atoms with Crippen LogP contribution in [0, 0.1) is 13.8 Å². The fourth-order valence-electron chi connectivity index (χ4n) is 4.11. The van der Waals surface area contributed by atoms with Crippen LogP contribution in [0.4, 0.5) is 18.9 Å². The normalized spacial score (nSPS) is 11.9. The first-order valence-electron chi connectivity index (χ1n) is 11.7. The Hall–Kier alpha value is -4.55. The maximum Gasteiger partial charge on any atom is 0.437 e. The Morgan fingerprint density at radius 3 is 2.55 bits per heavy atom.